The van der Waals surface area contributed by atoms with Crippen molar-refractivity contribution in [1.82, 2.24) is 4.31 Å². The Hall–Kier alpha value is -2.25. The highest BCUT2D eigenvalue weighted by Crippen LogP contribution is 2.27. The van der Waals surface area contributed by atoms with Crippen molar-refractivity contribution in [3.8, 4) is 5.75 Å². The topological polar surface area (TPSA) is 63.7 Å². The SMILES string of the molecule is COc1ccc(C(=O)C2CCN(S(=O)(=O)c3ccc(F)c(C)c3)CC2)cc1. The van der Waals surface area contributed by atoms with Crippen LogP contribution >= 0.6 is 0 Å². The van der Waals surface area contributed by atoms with Crippen LogP contribution in [0, 0.1) is 18.7 Å². The van der Waals surface area contributed by atoms with Crippen LogP contribution in [0.3, 0.4) is 0 Å². The second kappa shape index (κ2) is 7.78. The first-order chi connectivity index (χ1) is 12.8. The summed E-state index contributed by atoms with van der Waals surface area (Å²) in [6.07, 6.45) is 0.925. The molecule has 144 valence electrons. The minimum Gasteiger partial charge on any atom is -0.497 e. The van der Waals surface area contributed by atoms with E-state index in [4.69, 9.17) is 4.74 Å². The van der Waals surface area contributed by atoms with Crippen molar-refractivity contribution in [2.75, 3.05) is 20.2 Å². The summed E-state index contributed by atoms with van der Waals surface area (Å²) in [7, 11) is -2.12. The molecule has 0 spiro atoms. The van der Waals surface area contributed by atoms with Crippen molar-refractivity contribution in [1.29, 1.82) is 0 Å². The molecule has 1 aliphatic rings. The van der Waals surface area contributed by atoms with Gasteiger partial charge in [-0.05, 0) is 67.8 Å². The molecular formula is C20H22FNO4S. The number of benzene rings is 2. The van der Waals surface area contributed by atoms with E-state index in [2.05, 4.69) is 0 Å². The first kappa shape index (κ1) is 19.5. The van der Waals surface area contributed by atoms with Crippen molar-refractivity contribution in [3.63, 3.8) is 0 Å². The number of methoxy groups -OCH3 is 1. The van der Waals surface area contributed by atoms with Crippen LogP contribution < -0.4 is 4.74 Å². The Kier molecular flexibility index (Phi) is 5.62. The monoisotopic (exact) mass is 391 g/mol. The smallest absolute Gasteiger partial charge is 0.243 e. The first-order valence-electron chi connectivity index (χ1n) is 8.77. The number of ketones is 1. The summed E-state index contributed by atoms with van der Waals surface area (Å²) >= 11 is 0. The predicted octanol–water partition coefficient (Wildman–Crippen LogP) is 3.43. The van der Waals surface area contributed by atoms with Gasteiger partial charge in [0.15, 0.2) is 5.78 Å². The quantitative estimate of drug-likeness (QED) is 0.733. The van der Waals surface area contributed by atoms with Gasteiger partial charge in [0.05, 0.1) is 12.0 Å². The van der Waals surface area contributed by atoms with E-state index in [0.29, 0.717) is 29.7 Å². The molecule has 0 aromatic heterocycles. The largest absolute Gasteiger partial charge is 0.497 e. The minimum atomic E-state index is -3.69. The van der Waals surface area contributed by atoms with Crippen LogP contribution in [0.4, 0.5) is 4.39 Å². The highest BCUT2D eigenvalue weighted by atomic mass is 32.2. The second-order valence-electron chi connectivity index (χ2n) is 6.68. The van der Waals surface area contributed by atoms with E-state index in [1.807, 2.05) is 0 Å². The molecule has 1 saturated heterocycles. The molecule has 0 amide bonds. The molecular weight excluding hydrogens is 369 g/mol. The minimum absolute atomic E-state index is 0.0207. The number of carbonyl (C=O) groups excluding carboxylic acids is 1. The predicted molar refractivity (Wildman–Crippen MR) is 99.9 cm³/mol. The molecule has 0 radical (unpaired) electrons. The maximum absolute atomic E-state index is 13.4. The number of halogens is 1. The Morgan fingerprint density at radius 3 is 2.30 bits per heavy atom. The first-order valence-corrected chi connectivity index (χ1v) is 10.2. The fourth-order valence-corrected chi connectivity index (χ4v) is 4.83. The number of sulfonamides is 1. The third kappa shape index (κ3) is 4.04. The maximum atomic E-state index is 13.4. The lowest BCUT2D eigenvalue weighted by Gasteiger charge is -2.30. The fourth-order valence-electron chi connectivity index (χ4n) is 3.28. The number of nitrogens with zero attached hydrogens (tertiary/aromatic N) is 1. The van der Waals surface area contributed by atoms with Gasteiger partial charge in [0, 0.05) is 24.6 Å². The van der Waals surface area contributed by atoms with Crippen molar-refractivity contribution in [2.45, 2.75) is 24.7 Å². The lowest BCUT2D eigenvalue weighted by molar-refractivity contribution is 0.0875. The molecule has 27 heavy (non-hydrogen) atoms. The van der Waals surface area contributed by atoms with Crippen LogP contribution in [-0.4, -0.2) is 38.7 Å². The number of rotatable bonds is 5. The van der Waals surface area contributed by atoms with Crippen LogP contribution in [0.5, 0.6) is 5.75 Å². The van der Waals surface area contributed by atoms with Gasteiger partial charge in [0.2, 0.25) is 10.0 Å². The molecule has 0 unspecified atom stereocenters. The van der Waals surface area contributed by atoms with Gasteiger partial charge in [-0.3, -0.25) is 4.79 Å². The third-order valence-electron chi connectivity index (χ3n) is 4.97. The summed E-state index contributed by atoms with van der Waals surface area (Å²) < 4.78 is 45.4. The van der Waals surface area contributed by atoms with Gasteiger partial charge >= 0.3 is 0 Å². The third-order valence-corrected chi connectivity index (χ3v) is 6.86. The van der Waals surface area contributed by atoms with Crippen LogP contribution in [0.2, 0.25) is 0 Å². The highest BCUT2D eigenvalue weighted by Gasteiger charge is 2.32. The molecule has 1 fully saturated rings. The normalized spacial score (nSPS) is 16.3. The summed E-state index contributed by atoms with van der Waals surface area (Å²) in [4.78, 5) is 12.7. The van der Waals surface area contributed by atoms with E-state index in [1.54, 1.807) is 31.4 Å². The van der Waals surface area contributed by atoms with Crippen molar-refractivity contribution >= 4 is 15.8 Å². The molecule has 1 aliphatic heterocycles. The number of Topliss-reactive ketones (excluding diaryl/α,β-unsaturated/α-hetero) is 1. The number of hydrogen-bond donors (Lipinski definition) is 0. The van der Waals surface area contributed by atoms with Crippen molar-refractivity contribution in [2.24, 2.45) is 5.92 Å². The Bertz CT molecular complexity index is 933. The Morgan fingerprint density at radius 1 is 1.11 bits per heavy atom. The zero-order chi connectivity index (χ0) is 19.6. The molecule has 5 nitrogen and oxygen atoms in total. The highest BCUT2D eigenvalue weighted by molar-refractivity contribution is 7.89. The zero-order valence-electron chi connectivity index (χ0n) is 15.3. The number of hydrogen-bond acceptors (Lipinski definition) is 4. The molecule has 1 heterocycles. The summed E-state index contributed by atoms with van der Waals surface area (Å²) in [6, 6.07) is 10.7. The van der Waals surface area contributed by atoms with Crippen molar-refractivity contribution in [3.05, 3.63) is 59.4 Å². The Morgan fingerprint density at radius 2 is 1.74 bits per heavy atom. The van der Waals surface area contributed by atoms with Gasteiger partial charge in [0.1, 0.15) is 11.6 Å². The molecule has 0 bridgehead atoms. The Labute approximate surface area is 158 Å². The standard InChI is InChI=1S/C20H22FNO4S/c1-14-13-18(7-8-19(14)21)27(24,25)22-11-9-16(10-12-22)20(23)15-3-5-17(26-2)6-4-15/h3-8,13,16H,9-12H2,1-2H3. The molecule has 0 atom stereocenters. The van der Waals surface area contributed by atoms with Crippen LogP contribution in [0.1, 0.15) is 28.8 Å². The fraction of sp³-hybridized carbons (Fsp3) is 0.350. The number of carbonyl (C=O) groups is 1. The van der Waals surface area contributed by atoms with E-state index < -0.39 is 15.8 Å². The molecule has 2 aromatic rings. The van der Waals surface area contributed by atoms with Crippen LogP contribution in [-0.2, 0) is 10.0 Å². The Balaban J connectivity index is 1.68. The van der Waals surface area contributed by atoms with Gasteiger partial charge in [-0.2, -0.15) is 4.31 Å². The number of aryl methyl sites for hydroxylation is 1. The van der Waals surface area contributed by atoms with E-state index in [-0.39, 0.29) is 29.7 Å². The summed E-state index contributed by atoms with van der Waals surface area (Å²) in [5.74, 6) is 0.0620. The van der Waals surface area contributed by atoms with E-state index in [0.717, 1.165) is 0 Å². The number of ether oxygens (including phenoxy) is 1. The average molecular weight is 391 g/mol. The lowest BCUT2D eigenvalue weighted by Crippen LogP contribution is -2.40. The molecule has 0 N–H and O–H groups in total. The maximum Gasteiger partial charge on any atom is 0.243 e. The van der Waals surface area contributed by atoms with Crippen LogP contribution in [0.25, 0.3) is 0 Å². The van der Waals surface area contributed by atoms with Gasteiger partial charge < -0.3 is 4.74 Å². The average Bonchev–Trinajstić information content (AvgIpc) is 2.69. The van der Waals surface area contributed by atoms with Gasteiger partial charge in [-0.1, -0.05) is 0 Å². The summed E-state index contributed by atoms with van der Waals surface area (Å²) in [5, 5.41) is 0. The summed E-state index contributed by atoms with van der Waals surface area (Å²) in [5.41, 5.74) is 0.895. The summed E-state index contributed by atoms with van der Waals surface area (Å²) in [6.45, 7) is 2.07. The van der Waals surface area contributed by atoms with Gasteiger partial charge in [0.25, 0.3) is 0 Å². The molecule has 0 saturated carbocycles. The second-order valence-corrected chi connectivity index (χ2v) is 8.62. The molecule has 0 aliphatic carbocycles. The molecule has 7 heteroatoms. The molecule has 3 rings (SSSR count). The zero-order valence-corrected chi connectivity index (χ0v) is 16.1. The van der Waals surface area contributed by atoms with Crippen molar-refractivity contribution < 1.29 is 22.3 Å². The van der Waals surface area contributed by atoms with E-state index >= 15 is 0 Å². The van der Waals surface area contributed by atoms with Crippen LogP contribution in [0.15, 0.2) is 47.4 Å². The molecule has 2 aromatic carbocycles. The van der Waals surface area contributed by atoms with E-state index in [1.165, 1.54) is 29.4 Å². The lowest BCUT2D eigenvalue weighted by atomic mass is 9.89. The van der Waals surface area contributed by atoms with Gasteiger partial charge in [-0.15, -0.1) is 0 Å². The van der Waals surface area contributed by atoms with Gasteiger partial charge in [-0.25, -0.2) is 12.8 Å². The van der Waals surface area contributed by atoms with E-state index in [9.17, 15) is 17.6 Å². The number of piperidine rings is 1.